The number of allylic oxidation sites excluding steroid dienone is 16. The Hall–Kier alpha value is -3.67. The van der Waals surface area contributed by atoms with Crippen molar-refractivity contribution in [1.29, 1.82) is 0 Å². The summed E-state index contributed by atoms with van der Waals surface area (Å²) in [7, 11) is 0. The predicted molar refractivity (Wildman–Crippen MR) is 265 cm³/mol. The van der Waals surface area contributed by atoms with Crippen LogP contribution in [0.4, 0.5) is 0 Å². The van der Waals surface area contributed by atoms with Crippen LogP contribution in [0.1, 0.15) is 220 Å². The molecule has 0 bridgehead atoms. The summed E-state index contributed by atoms with van der Waals surface area (Å²) < 4.78 is 16.7. The van der Waals surface area contributed by atoms with Crippen LogP contribution >= 0.6 is 0 Å². The molecule has 0 saturated heterocycles. The second-order valence-corrected chi connectivity index (χ2v) is 16.5. The molecule has 0 aliphatic carbocycles. The summed E-state index contributed by atoms with van der Waals surface area (Å²) >= 11 is 0. The van der Waals surface area contributed by atoms with Crippen molar-refractivity contribution < 1.29 is 28.6 Å². The van der Waals surface area contributed by atoms with Gasteiger partial charge in [0, 0.05) is 19.3 Å². The predicted octanol–water partition coefficient (Wildman–Crippen LogP) is 16.6. The summed E-state index contributed by atoms with van der Waals surface area (Å²) in [5.41, 5.74) is 0. The minimum absolute atomic E-state index is 0.0992. The molecule has 0 aromatic rings. The molecule has 0 aliphatic heterocycles. The second-order valence-electron chi connectivity index (χ2n) is 16.5. The van der Waals surface area contributed by atoms with Crippen molar-refractivity contribution in [2.75, 3.05) is 13.2 Å². The van der Waals surface area contributed by atoms with E-state index < -0.39 is 6.10 Å². The molecule has 6 nitrogen and oxygen atoms in total. The molecule has 0 spiro atoms. The van der Waals surface area contributed by atoms with Gasteiger partial charge >= 0.3 is 17.9 Å². The maximum absolute atomic E-state index is 12.8. The van der Waals surface area contributed by atoms with Crippen LogP contribution in [-0.2, 0) is 28.6 Å². The molecule has 62 heavy (non-hydrogen) atoms. The third-order valence-electron chi connectivity index (χ3n) is 10.5. The van der Waals surface area contributed by atoms with Gasteiger partial charge in [0.15, 0.2) is 6.10 Å². The lowest BCUT2D eigenvalue weighted by Crippen LogP contribution is -2.30. The van der Waals surface area contributed by atoms with E-state index in [4.69, 9.17) is 14.2 Å². The van der Waals surface area contributed by atoms with Crippen molar-refractivity contribution in [2.45, 2.75) is 226 Å². The van der Waals surface area contributed by atoms with Crippen molar-refractivity contribution >= 4 is 17.9 Å². The molecular weight excluding hydrogens is 769 g/mol. The number of unbranched alkanes of at least 4 members (excludes halogenated alkanes) is 22. The lowest BCUT2D eigenvalue weighted by molar-refractivity contribution is -0.167. The van der Waals surface area contributed by atoms with Gasteiger partial charge in [0.2, 0.25) is 0 Å². The van der Waals surface area contributed by atoms with Crippen LogP contribution in [0.2, 0.25) is 0 Å². The number of carbonyl (C=O) groups is 3. The largest absolute Gasteiger partial charge is 0.462 e. The Bertz CT molecular complexity index is 1260. The molecular formula is C56H92O6. The third-order valence-corrected chi connectivity index (χ3v) is 10.5. The molecule has 0 amide bonds. The topological polar surface area (TPSA) is 78.9 Å². The highest BCUT2D eigenvalue weighted by molar-refractivity contribution is 5.71. The Labute approximate surface area is 381 Å². The second kappa shape index (κ2) is 50.0. The Balaban J connectivity index is 4.49. The summed E-state index contributed by atoms with van der Waals surface area (Å²) in [6, 6.07) is 0. The fourth-order valence-electron chi connectivity index (χ4n) is 6.75. The van der Waals surface area contributed by atoms with Crippen molar-refractivity contribution in [3.8, 4) is 0 Å². The van der Waals surface area contributed by atoms with E-state index in [0.717, 1.165) is 103 Å². The standard InChI is InChI=1S/C56H92O6/c1-4-7-10-13-16-19-22-25-27-28-30-31-34-37-40-43-46-49-55(58)61-52-53(51-60-54(57)48-45-42-39-36-33-24-21-18-15-12-9-6-3)62-56(59)50-47-44-41-38-35-32-29-26-23-20-17-14-11-8-5-2/h7,9-10,12-13,16,18-19,21-22,25,27-28,30-31,34,53H,4-6,8,11,14-15,17,20,23-24,26,29,32-33,35-52H2,1-3H3/b10-7-,12-9-,16-13-,21-18-,22-19-,27-25-,30-28+,34-31-. The first kappa shape index (κ1) is 58.3. The van der Waals surface area contributed by atoms with E-state index in [9.17, 15) is 14.4 Å². The van der Waals surface area contributed by atoms with Gasteiger partial charge in [0.05, 0.1) is 0 Å². The zero-order valence-electron chi connectivity index (χ0n) is 40.1. The SMILES string of the molecule is CC\C=C/C=C\C=C/C=C\C=C\C=C/CCCCCC(=O)OCC(COC(=O)CCCCCCC/C=C\C/C=C\CC)OC(=O)CCCCCCCCCCCCCCCCC. The van der Waals surface area contributed by atoms with E-state index in [2.05, 4.69) is 57.2 Å². The van der Waals surface area contributed by atoms with E-state index in [0.29, 0.717) is 19.3 Å². The molecule has 0 radical (unpaired) electrons. The number of hydrogen-bond acceptors (Lipinski definition) is 6. The normalized spacial score (nSPS) is 12.9. The molecule has 0 aliphatic rings. The van der Waals surface area contributed by atoms with Gasteiger partial charge in [-0.3, -0.25) is 14.4 Å². The van der Waals surface area contributed by atoms with Crippen LogP contribution in [0.5, 0.6) is 0 Å². The van der Waals surface area contributed by atoms with Gasteiger partial charge in [-0.25, -0.2) is 0 Å². The summed E-state index contributed by atoms with van der Waals surface area (Å²) in [4.78, 5) is 37.9. The highest BCUT2D eigenvalue weighted by Crippen LogP contribution is 2.15. The Kier molecular flexibility index (Phi) is 47.0. The van der Waals surface area contributed by atoms with Gasteiger partial charge in [0.1, 0.15) is 13.2 Å². The van der Waals surface area contributed by atoms with Crippen molar-refractivity contribution in [2.24, 2.45) is 0 Å². The third kappa shape index (κ3) is 47.4. The fraction of sp³-hybridized carbons (Fsp3) is 0.661. The summed E-state index contributed by atoms with van der Waals surface area (Å²) in [6.07, 6.45) is 65.3. The molecule has 1 unspecified atom stereocenters. The molecule has 0 heterocycles. The van der Waals surface area contributed by atoms with Gasteiger partial charge in [-0.05, 0) is 64.2 Å². The lowest BCUT2D eigenvalue weighted by Gasteiger charge is -2.18. The number of carbonyl (C=O) groups excluding carboxylic acids is 3. The fourth-order valence-corrected chi connectivity index (χ4v) is 6.75. The Morgan fingerprint density at radius 2 is 0.710 bits per heavy atom. The van der Waals surface area contributed by atoms with Crippen LogP contribution < -0.4 is 0 Å². The van der Waals surface area contributed by atoms with E-state index in [-0.39, 0.29) is 31.1 Å². The molecule has 352 valence electrons. The van der Waals surface area contributed by atoms with Gasteiger partial charge in [-0.15, -0.1) is 0 Å². The first-order valence-corrected chi connectivity index (χ1v) is 25.3. The van der Waals surface area contributed by atoms with Crippen LogP contribution in [0.25, 0.3) is 0 Å². The number of hydrogen-bond donors (Lipinski definition) is 0. The molecule has 0 saturated carbocycles. The van der Waals surface area contributed by atoms with Crippen molar-refractivity contribution in [3.63, 3.8) is 0 Å². The number of ether oxygens (including phenoxy) is 3. The maximum Gasteiger partial charge on any atom is 0.306 e. The summed E-state index contributed by atoms with van der Waals surface area (Å²) in [5.74, 6) is -0.959. The Morgan fingerprint density at radius 1 is 0.355 bits per heavy atom. The van der Waals surface area contributed by atoms with E-state index in [1.165, 1.54) is 77.0 Å². The van der Waals surface area contributed by atoms with Crippen LogP contribution in [0.15, 0.2) is 97.2 Å². The first-order chi connectivity index (χ1) is 30.5. The van der Waals surface area contributed by atoms with Gasteiger partial charge in [-0.2, -0.15) is 0 Å². The molecule has 0 N–H and O–H groups in total. The maximum atomic E-state index is 12.8. The van der Waals surface area contributed by atoms with E-state index in [1.807, 2.05) is 60.8 Å². The van der Waals surface area contributed by atoms with Crippen LogP contribution in [0, 0.1) is 0 Å². The summed E-state index contributed by atoms with van der Waals surface area (Å²) in [5, 5.41) is 0. The molecule has 1 atom stereocenters. The highest BCUT2D eigenvalue weighted by Gasteiger charge is 2.19. The van der Waals surface area contributed by atoms with Gasteiger partial charge in [-0.1, -0.05) is 234 Å². The van der Waals surface area contributed by atoms with E-state index in [1.54, 1.807) is 0 Å². The average molecular weight is 861 g/mol. The minimum Gasteiger partial charge on any atom is -0.462 e. The molecule has 6 heteroatoms. The molecule has 0 fully saturated rings. The van der Waals surface area contributed by atoms with Gasteiger partial charge in [0.25, 0.3) is 0 Å². The Morgan fingerprint density at radius 3 is 1.18 bits per heavy atom. The van der Waals surface area contributed by atoms with Crippen molar-refractivity contribution in [1.82, 2.24) is 0 Å². The first-order valence-electron chi connectivity index (χ1n) is 25.3. The van der Waals surface area contributed by atoms with Crippen LogP contribution in [0.3, 0.4) is 0 Å². The molecule has 0 aromatic heterocycles. The highest BCUT2D eigenvalue weighted by atomic mass is 16.6. The minimum atomic E-state index is -0.800. The summed E-state index contributed by atoms with van der Waals surface area (Å²) in [6.45, 7) is 6.33. The molecule has 0 aromatic carbocycles. The monoisotopic (exact) mass is 861 g/mol. The number of esters is 3. The van der Waals surface area contributed by atoms with Gasteiger partial charge < -0.3 is 14.2 Å². The lowest BCUT2D eigenvalue weighted by atomic mass is 10.0. The van der Waals surface area contributed by atoms with E-state index >= 15 is 0 Å². The average Bonchev–Trinajstić information content (AvgIpc) is 3.27. The molecule has 0 rings (SSSR count). The number of rotatable bonds is 44. The smallest absolute Gasteiger partial charge is 0.306 e. The van der Waals surface area contributed by atoms with Crippen LogP contribution in [-0.4, -0.2) is 37.2 Å². The zero-order valence-corrected chi connectivity index (χ0v) is 40.1. The zero-order chi connectivity index (χ0) is 45.1. The van der Waals surface area contributed by atoms with Crippen molar-refractivity contribution in [3.05, 3.63) is 97.2 Å². The quantitative estimate of drug-likeness (QED) is 0.0200.